The van der Waals surface area contributed by atoms with Crippen molar-refractivity contribution in [2.45, 2.75) is 64.5 Å². The Morgan fingerprint density at radius 3 is 0.821 bits per heavy atom. The number of benzene rings is 6. The minimum Gasteiger partial charge on any atom is -0.323 e. The van der Waals surface area contributed by atoms with Crippen LogP contribution in [0.2, 0.25) is 0 Å². The van der Waals surface area contributed by atoms with Crippen LogP contribution in [0.15, 0.2) is 182 Å². The van der Waals surface area contributed by atoms with Gasteiger partial charge in [0.05, 0.1) is 22.8 Å². The molecule has 4 heteroatoms. The van der Waals surface area contributed by atoms with Crippen molar-refractivity contribution in [2.75, 3.05) is 0 Å². The molecule has 4 nitrogen and oxygen atoms in total. The maximum Gasteiger partial charge on any atom is 0.141 e. The lowest BCUT2D eigenvalue weighted by atomic mass is 10.0. The highest BCUT2D eigenvalue weighted by Gasteiger charge is 2.22. The summed E-state index contributed by atoms with van der Waals surface area (Å²) in [4.78, 5) is 10.6. The Morgan fingerprint density at radius 1 is 0.268 bits per heavy atom. The van der Waals surface area contributed by atoms with Crippen LogP contribution in [0.3, 0.4) is 0 Å². The summed E-state index contributed by atoms with van der Waals surface area (Å²) in [5.41, 5.74) is 11.5. The summed E-state index contributed by atoms with van der Waals surface area (Å²) in [6.07, 6.45) is 9.70. The highest BCUT2D eigenvalue weighted by atomic mass is 15.1. The number of aromatic nitrogens is 4. The SMILES string of the molecule is c1ccc(-c2nc(-c3ccccc3)n(CCCCCCCCCCn3c(-c4ccccc4)nc(-c4ccccc4)c3-c3ccccc3)c2-c2ccccc2)cc1. The zero-order valence-electron chi connectivity index (χ0n) is 32.2. The predicted octanol–water partition coefficient (Wildman–Crippen LogP) is 13.9. The zero-order chi connectivity index (χ0) is 37.8. The van der Waals surface area contributed by atoms with Gasteiger partial charge in [-0.1, -0.05) is 221 Å². The molecule has 6 aromatic carbocycles. The van der Waals surface area contributed by atoms with Gasteiger partial charge in [-0.15, -0.1) is 0 Å². The Morgan fingerprint density at radius 2 is 0.518 bits per heavy atom. The third-order valence-electron chi connectivity index (χ3n) is 10.7. The van der Waals surface area contributed by atoms with Crippen molar-refractivity contribution in [1.82, 2.24) is 19.1 Å². The van der Waals surface area contributed by atoms with Gasteiger partial charge >= 0.3 is 0 Å². The van der Waals surface area contributed by atoms with Gasteiger partial charge in [-0.2, -0.15) is 0 Å². The van der Waals surface area contributed by atoms with E-state index in [0.717, 1.165) is 71.2 Å². The molecule has 0 bridgehead atoms. The average molecular weight is 731 g/mol. The monoisotopic (exact) mass is 730 g/mol. The summed E-state index contributed by atoms with van der Waals surface area (Å²) in [6.45, 7) is 1.88. The van der Waals surface area contributed by atoms with E-state index >= 15 is 0 Å². The fraction of sp³-hybridized carbons (Fsp3) is 0.192. The van der Waals surface area contributed by atoms with Gasteiger partial charge in [-0.25, -0.2) is 9.97 Å². The van der Waals surface area contributed by atoms with Gasteiger partial charge in [-0.05, 0) is 12.8 Å². The second-order valence-corrected chi connectivity index (χ2v) is 14.6. The first-order valence-corrected chi connectivity index (χ1v) is 20.4. The van der Waals surface area contributed by atoms with Crippen LogP contribution >= 0.6 is 0 Å². The minimum absolute atomic E-state index is 0.942. The largest absolute Gasteiger partial charge is 0.323 e. The number of unbranched alkanes of at least 4 members (excludes halogenated alkanes) is 7. The fourth-order valence-corrected chi connectivity index (χ4v) is 7.93. The van der Waals surface area contributed by atoms with Crippen molar-refractivity contribution in [3.05, 3.63) is 182 Å². The molecule has 0 unspecified atom stereocenters. The summed E-state index contributed by atoms with van der Waals surface area (Å²) >= 11 is 0. The normalized spacial score (nSPS) is 11.2. The molecule has 278 valence electrons. The predicted molar refractivity (Wildman–Crippen MR) is 234 cm³/mol. The summed E-state index contributed by atoms with van der Waals surface area (Å²) in [7, 11) is 0. The molecule has 0 amide bonds. The topological polar surface area (TPSA) is 35.6 Å². The quantitative estimate of drug-likeness (QED) is 0.0875. The molecule has 56 heavy (non-hydrogen) atoms. The Kier molecular flexibility index (Phi) is 12.0. The van der Waals surface area contributed by atoms with Crippen LogP contribution in [-0.2, 0) is 13.1 Å². The molecule has 0 radical (unpaired) electrons. The summed E-state index contributed by atoms with van der Waals surface area (Å²) < 4.78 is 4.94. The Hall–Kier alpha value is -6.26. The van der Waals surface area contributed by atoms with Gasteiger partial charge in [0.2, 0.25) is 0 Å². The second kappa shape index (κ2) is 18.4. The van der Waals surface area contributed by atoms with Crippen LogP contribution in [0.25, 0.3) is 67.8 Å². The van der Waals surface area contributed by atoms with Gasteiger partial charge < -0.3 is 9.13 Å². The number of nitrogens with zero attached hydrogens (tertiary/aromatic N) is 4. The minimum atomic E-state index is 0.942. The van der Waals surface area contributed by atoms with Crippen LogP contribution in [0.4, 0.5) is 0 Å². The molecule has 0 saturated heterocycles. The summed E-state index contributed by atoms with van der Waals surface area (Å²) in [6, 6.07) is 64.2. The zero-order valence-corrected chi connectivity index (χ0v) is 32.2. The third kappa shape index (κ3) is 8.50. The molecule has 8 aromatic rings. The lowest BCUT2D eigenvalue weighted by Gasteiger charge is -2.14. The van der Waals surface area contributed by atoms with Crippen molar-refractivity contribution in [3.8, 4) is 67.8 Å². The molecule has 0 saturated carbocycles. The Balaban J connectivity index is 0.908. The summed E-state index contributed by atoms with van der Waals surface area (Å²) in [5.74, 6) is 2.09. The first-order valence-electron chi connectivity index (χ1n) is 20.4. The van der Waals surface area contributed by atoms with Gasteiger partial charge in [0.25, 0.3) is 0 Å². The van der Waals surface area contributed by atoms with E-state index in [0.29, 0.717) is 0 Å². The van der Waals surface area contributed by atoms with Crippen molar-refractivity contribution >= 4 is 0 Å². The average Bonchev–Trinajstić information content (AvgIpc) is 3.85. The second-order valence-electron chi connectivity index (χ2n) is 14.6. The highest BCUT2D eigenvalue weighted by molar-refractivity contribution is 5.83. The van der Waals surface area contributed by atoms with Crippen molar-refractivity contribution in [2.24, 2.45) is 0 Å². The van der Waals surface area contributed by atoms with Crippen LogP contribution < -0.4 is 0 Å². The Labute approximate surface area is 332 Å². The molecule has 0 N–H and O–H groups in total. The first kappa shape index (κ1) is 36.7. The Bertz CT molecular complexity index is 2210. The molecule has 8 rings (SSSR count). The van der Waals surface area contributed by atoms with Gasteiger partial charge in [0, 0.05) is 46.5 Å². The number of hydrogen-bond donors (Lipinski definition) is 0. The van der Waals surface area contributed by atoms with Crippen molar-refractivity contribution < 1.29 is 0 Å². The van der Waals surface area contributed by atoms with E-state index in [1.54, 1.807) is 0 Å². The van der Waals surface area contributed by atoms with E-state index in [9.17, 15) is 0 Å². The van der Waals surface area contributed by atoms with Crippen LogP contribution in [0.1, 0.15) is 51.4 Å². The lowest BCUT2D eigenvalue weighted by Crippen LogP contribution is -2.04. The van der Waals surface area contributed by atoms with E-state index in [1.165, 1.54) is 61.0 Å². The molecule has 0 spiro atoms. The fourth-order valence-electron chi connectivity index (χ4n) is 7.93. The third-order valence-corrected chi connectivity index (χ3v) is 10.7. The van der Waals surface area contributed by atoms with Crippen LogP contribution in [-0.4, -0.2) is 19.1 Å². The number of rotatable bonds is 17. The maximum atomic E-state index is 5.32. The van der Waals surface area contributed by atoms with E-state index in [4.69, 9.17) is 9.97 Å². The molecule has 0 fully saturated rings. The van der Waals surface area contributed by atoms with Crippen LogP contribution in [0.5, 0.6) is 0 Å². The van der Waals surface area contributed by atoms with E-state index in [1.807, 2.05) is 0 Å². The molecular formula is C52H50N4. The molecule has 0 aliphatic heterocycles. The highest BCUT2D eigenvalue weighted by Crippen LogP contribution is 2.38. The summed E-state index contributed by atoms with van der Waals surface area (Å²) in [5, 5.41) is 0. The smallest absolute Gasteiger partial charge is 0.141 e. The maximum absolute atomic E-state index is 5.32. The van der Waals surface area contributed by atoms with Crippen LogP contribution in [0, 0.1) is 0 Å². The number of hydrogen-bond acceptors (Lipinski definition) is 2. The van der Waals surface area contributed by atoms with Gasteiger partial charge in [0.15, 0.2) is 0 Å². The first-order chi connectivity index (χ1) is 27.8. The van der Waals surface area contributed by atoms with E-state index < -0.39 is 0 Å². The molecule has 2 heterocycles. The van der Waals surface area contributed by atoms with E-state index in [-0.39, 0.29) is 0 Å². The van der Waals surface area contributed by atoms with Gasteiger partial charge in [0.1, 0.15) is 11.6 Å². The molecular weight excluding hydrogens is 681 g/mol. The number of imidazole rings is 2. The molecule has 2 aromatic heterocycles. The lowest BCUT2D eigenvalue weighted by molar-refractivity contribution is 0.529. The standard InChI is InChI=1S/C52H50N4/c1(3-5-25-39-55-49(43-31-17-9-18-32-43)47(41-27-13-7-14-28-41)53-51(55)45-35-21-11-22-36-45)2-4-6-26-40-56-50(44-33-19-10-20-34-44)48(42-29-15-8-16-30-42)54-52(56)46-37-23-12-24-38-46/h7-24,27-38H,1-6,25-26,39-40H2. The molecule has 0 atom stereocenters. The molecule has 0 aliphatic carbocycles. The van der Waals surface area contributed by atoms with E-state index in [2.05, 4.69) is 191 Å². The van der Waals surface area contributed by atoms with Crippen molar-refractivity contribution in [3.63, 3.8) is 0 Å². The van der Waals surface area contributed by atoms with Gasteiger partial charge in [-0.3, -0.25) is 0 Å². The van der Waals surface area contributed by atoms with Crippen molar-refractivity contribution in [1.29, 1.82) is 0 Å². The molecule has 0 aliphatic rings.